The van der Waals surface area contributed by atoms with Crippen molar-refractivity contribution in [2.24, 2.45) is 0 Å². The third kappa shape index (κ3) is 4.05. The van der Waals surface area contributed by atoms with Crippen LogP contribution >= 0.6 is 11.3 Å². The molecule has 1 atom stereocenters. The summed E-state index contributed by atoms with van der Waals surface area (Å²) in [5.74, 6) is 0.506. The van der Waals surface area contributed by atoms with Gasteiger partial charge in [-0.2, -0.15) is 0 Å². The average molecular weight is 343 g/mol. The maximum atomic E-state index is 12.5. The van der Waals surface area contributed by atoms with Crippen LogP contribution in [0.5, 0.6) is 0 Å². The van der Waals surface area contributed by atoms with Crippen molar-refractivity contribution in [1.29, 1.82) is 0 Å². The highest BCUT2D eigenvalue weighted by atomic mass is 32.1. The summed E-state index contributed by atoms with van der Waals surface area (Å²) in [5, 5.41) is 5.25. The lowest BCUT2D eigenvalue weighted by Crippen LogP contribution is -2.36. The molecule has 1 N–H and O–H groups in total. The minimum absolute atomic E-state index is 0.0195. The zero-order chi connectivity index (χ0) is 16.9. The molecule has 1 aromatic heterocycles. The number of hydrogen-bond donors (Lipinski definition) is 1. The Morgan fingerprint density at radius 2 is 1.88 bits per heavy atom. The molecule has 24 heavy (non-hydrogen) atoms. The molecule has 0 aliphatic carbocycles. The summed E-state index contributed by atoms with van der Waals surface area (Å²) in [4.78, 5) is 16.3. The summed E-state index contributed by atoms with van der Waals surface area (Å²) in [6, 6.07) is 12.5. The van der Waals surface area contributed by atoms with E-state index in [1.165, 1.54) is 23.3 Å². The first-order valence-electron chi connectivity index (χ1n) is 8.81. The standard InChI is InChI=1S/C20H26N2OS/c1-15(2)16-7-9-17(10-8-16)20(23)21-14-18(19-6-5-13-24-19)22-11-3-4-12-22/h5-10,13,15,18H,3-4,11-12,14H2,1-2H3,(H,21,23). The predicted octanol–water partition coefficient (Wildman–Crippen LogP) is 4.44. The van der Waals surface area contributed by atoms with Gasteiger partial charge in [-0.3, -0.25) is 9.69 Å². The summed E-state index contributed by atoms with van der Waals surface area (Å²) < 4.78 is 0. The van der Waals surface area contributed by atoms with E-state index in [1.807, 2.05) is 12.1 Å². The number of likely N-dealkylation sites (tertiary alicyclic amines) is 1. The van der Waals surface area contributed by atoms with Gasteiger partial charge in [-0.1, -0.05) is 32.0 Å². The van der Waals surface area contributed by atoms with Crippen LogP contribution in [0, 0.1) is 0 Å². The summed E-state index contributed by atoms with van der Waals surface area (Å²) in [6.07, 6.45) is 2.51. The number of nitrogens with zero attached hydrogens (tertiary/aromatic N) is 1. The van der Waals surface area contributed by atoms with E-state index in [1.54, 1.807) is 11.3 Å². The maximum Gasteiger partial charge on any atom is 0.251 e. The monoisotopic (exact) mass is 342 g/mol. The molecule has 1 saturated heterocycles. The lowest BCUT2D eigenvalue weighted by Gasteiger charge is -2.27. The van der Waals surface area contributed by atoms with Gasteiger partial charge in [0.25, 0.3) is 5.91 Å². The van der Waals surface area contributed by atoms with Crippen LogP contribution in [0.25, 0.3) is 0 Å². The molecule has 2 heterocycles. The Labute approximate surface area is 148 Å². The summed E-state index contributed by atoms with van der Waals surface area (Å²) in [5.41, 5.74) is 2.01. The van der Waals surface area contributed by atoms with Gasteiger partial charge < -0.3 is 5.32 Å². The van der Waals surface area contributed by atoms with E-state index in [9.17, 15) is 4.79 Å². The number of rotatable bonds is 6. The third-order valence-electron chi connectivity index (χ3n) is 4.75. The van der Waals surface area contributed by atoms with Crippen molar-refractivity contribution in [3.63, 3.8) is 0 Å². The number of carbonyl (C=O) groups is 1. The Morgan fingerprint density at radius 1 is 1.17 bits per heavy atom. The first-order valence-corrected chi connectivity index (χ1v) is 9.68. The van der Waals surface area contributed by atoms with E-state index >= 15 is 0 Å². The smallest absolute Gasteiger partial charge is 0.251 e. The van der Waals surface area contributed by atoms with Crippen LogP contribution in [-0.2, 0) is 0 Å². The van der Waals surface area contributed by atoms with Gasteiger partial charge in [-0.05, 0) is 61.0 Å². The molecule has 0 bridgehead atoms. The van der Waals surface area contributed by atoms with Crippen molar-refractivity contribution < 1.29 is 4.79 Å². The van der Waals surface area contributed by atoms with Crippen LogP contribution in [0.1, 0.15) is 59.4 Å². The van der Waals surface area contributed by atoms with Crippen molar-refractivity contribution in [3.8, 4) is 0 Å². The Balaban J connectivity index is 1.64. The molecular weight excluding hydrogens is 316 g/mol. The Bertz CT molecular complexity index is 643. The minimum atomic E-state index is 0.0195. The van der Waals surface area contributed by atoms with Gasteiger partial charge in [0, 0.05) is 17.0 Å². The maximum absolute atomic E-state index is 12.5. The van der Waals surface area contributed by atoms with Crippen molar-refractivity contribution >= 4 is 17.2 Å². The summed E-state index contributed by atoms with van der Waals surface area (Å²) in [7, 11) is 0. The number of carbonyl (C=O) groups excluding carboxylic acids is 1. The summed E-state index contributed by atoms with van der Waals surface area (Å²) in [6.45, 7) is 7.25. The van der Waals surface area contributed by atoms with Gasteiger partial charge in [0.05, 0.1) is 6.04 Å². The zero-order valence-corrected chi connectivity index (χ0v) is 15.3. The molecule has 4 heteroatoms. The lowest BCUT2D eigenvalue weighted by molar-refractivity contribution is 0.0938. The molecule has 0 saturated carbocycles. The SMILES string of the molecule is CC(C)c1ccc(C(=O)NCC(c2cccs2)N2CCCC2)cc1. The molecule has 1 amide bonds. The first-order chi connectivity index (χ1) is 11.6. The molecule has 1 fully saturated rings. The Kier molecular flexibility index (Phi) is 5.69. The fourth-order valence-electron chi connectivity index (χ4n) is 3.25. The molecule has 128 valence electrons. The quantitative estimate of drug-likeness (QED) is 0.842. The van der Waals surface area contributed by atoms with Crippen molar-refractivity contribution in [2.45, 2.75) is 38.6 Å². The molecular formula is C20H26N2OS. The molecule has 1 unspecified atom stereocenters. The van der Waals surface area contributed by atoms with Crippen LogP contribution in [0.2, 0.25) is 0 Å². The minimum Gasteiger partial charge on any atom is -0.350 e. The average Bonchev–Trinajstić information content (AvgIpc) is 3.29. The largest absolute Gasteiger partial charge is 0.350 e. The molecule has 2 aromatic rings. The molecule has 1 aromatic carbocycles. The highest BCUT2D eigenvalue weighted by molar-refractivity contribution is 7.10. The zero-order valence-electron chi connectivity index (χ0n) is 14.5. The van der Waals surface area contributed by atoms with E-state index in [0.29, 0.717) is 18.5 Å². The van der Waals surface area contributed by atoms with Crippen LogP contribution in [0.4, 0.5) is 0 Å². The fourth-order valence-corrected chi connectivity index (χ4v) is 4.12. The molecule has 0 spiro atoms. The normalized spacial score (nSPS) is 16.5. The van der Waals surface area contributed by atoms with E-state index in [2.05, 4.69) is 53.7 Å². The van der Waals surface area contributed by atoms with Gasteiger partial charge >= 0.3 is 0 Å². The van der Waals surface area contributed by atoms with E-state index in [0.717, 1.165) is 18.7 Å². The Hall–Kier alpha value is -1.65. The second kappa shape index (κ2) is 7.95. The van der Waals surface area contributed by atoms with E-state index in [4.69, 9.17) is 0 Å². The fraction of sp³-hybridized carbons (Fsp3) is 0.450. The van der Waals surface area contributed by atoms with Gasteiger partial charge in [0.1, 0.15) is 0 Å². The van der Waals surface area contributed by atoms with Crippen molar-refractivity contribution in [2.75, 3.05) is 19.6 Å². The molecule has 1 aliphatic heterocycles. The highest BCUT2D eigenvalue weighted by Gasteiger charge is 2.24. The van der Waals surface area contributed by atoms with Crippen molar-refractivity contribution in [1.82, 2.24) is 10.2 Å². The second-order valence-corrected chi connectivity index (χ2v) is 7.74. The number of benzene rings is 1. The molecule has 1 aliphatic rings. The van der Waals surface area contributed by atoms with Gasteiger partial charge in [0.2, 0.25) is 0 Å². The molecule has 0 radical (unpaired) electrons. The van der Waals surface area contributed by atoms with Crippen LogP contribution in [0.15, 0.2) is 41.8 Å². The van der Waals surface area contributed by atoms with Crippen LogP contribution in [-0.4, -0.2) is 30.4 Å². The number of hydrogen-bond acceptors (Lipinski definition) is 3. The number of thiophene rings is 1. The predicted molar refractivity (Wildman–Crippen MR) is 101 cm³/mol. The first kappa shape index (κ1) is 17.2. The second-order valence-electron chi connectivity index (χ2n) is 6.76. The third-order valence-corrected chi connectivity index (χ3v) is 5.72. The lowest BCUT2D eigenvalue weighted by atomic mass is 10.0. The number of nitrogens with one attached hydrogen (secondary N) is 1. The van der Waals surface area contributed by atoms with Crippen LogP contribution in [0.3, 0.4) is 0 Å². The van der Waals surface area contributed by atoms with Gasteiger partial charge in [-0.15, -0.1) is 11.3 Å². The summed E-state index contributed by atoms with van der Waals surface area (Å²) >= 11 is 1.78. The molecule has 3 rings (SSSR count). The Morgan fingerprint density at radius 3 is 2.46 bits per heavy atom. The van der Waals surface area contributed by atoms with E-state index < -0.39 is 0 Å². The van der Waals surface area contributed by atoms with Gasteiger partial charge in [-0.25, -0.2) is 0 Å². The molecule has 3 nitrogen and oxygen atoms in total. The van der Waals surface area contributed by atoms with Crippen LogP contribution < -0.4 is 5.32 Å². The highest BCUT2D eigenvalue weighted by Crippen LogP contribution is 2.28. The van der Waals surface area contributed by atoms with Gasteiger partial charge in [0.15, 0.2) is 0 Å². The van der Waals surface area contributed by atoms with E-state index in [-0.39, 0.29) is 5.91 Å². The van der Waals surface area contributed by atoms with Crippen molar-refractivity contribution in [3.05, 3.63) is 57.8 Å². The topological polar surface area (TPSA) is 32.3 Å². The number of amides is 1.